The summed E-state index contributed by atoms with van der Waals surface area (Å²) >= 11 is 1.73. The van der Waals surface area contributed by atoms with Crippen LogP contribution in [-0.4, -0.2) is 4.98 Å². The lowest BCUT2D eigenvalue weighted by Crippen LogP contribution is -1.94. The van der Waals surface area contributed by atoms with Crippen molar-refractivity contribution in [3.05, 3.63) is 53.7 Å². The number of hydrogen-bond acceptors (Lipinski definition) is 3. The molecule has 0 unspecified atom stereocenters. The van der Waals surface area contributed by atoms with E-state index in [1.54, 1.807) is 11.8 Å². The third-order valence-electron chi connectivity index (χ3n) is 2.50. The van der Waals surface area contributed by atoms with Crippen molar-refractivity contribution in [1.29, 1.82) is 0 Å². The standard InChI is InChI=1S/C13H14N2S/c1-10-11(5-4-6-12(10)14)9-16-13-7-2-3-8-15-13/h2-8H,9,14H2,1H3. The van der Waals surface area contributed by atoms with Crippen molar-refractivity contribution in [2.75, 3.05) is 5.73 Å². The fraction of sp³-hybridized carbons (Fsp3) is 0.154. The van der Waals surface area contributed by atoms with Gasteiger partial charge in [0.2, 0.25) is 0 Å². The van der Waals surface area contributed by atoms with E-state index in [1.807, 2.05) is 36.5 Å². The largest absolute Gasteiger partial charge is 0.399 e. The monoisotopic (exact) mass is 230 g/mol. The fourth-order valence-electron chi connectivity index (χ4n) is 1.44. The van der Waals surface area contributed by atoms with Gasteiger partial charge in [-0.25, -0.2) is 4.98 Å². The molecular weight excluding hydrogens is 216 g/mol. The molecule has 3 heteroatoms. The minimum Gasteiger partial charge on any atom is -0.399 e. The van der Waals surface area contributed by atoms with Gasteiger partial charge >= 0.3 is 0 Å². The van der Waals surface area contributed by atoms with Crippen molar-refractivity contribution >= 4 is 17.4 Å². The Morgan fingerprint density at radius 3 is 2.81 bits per heavy atom. The molecule has 16 heavy (non-hydrogen) atoms. The van der Waals surface area contributed by atoms with E-state index >= 15 is 0 Å². The SMILES string of the molecule is Cc1c(N)cccc1CSc1ccccn1. The maximum atomic E-state index is 5.86. The molecule has 1 heterocycles. The van der Waals surface area contributed by atoms with E-state index in [-0.39, 0.29) is 0 Å². The second kappa shape index (κ2) is 5.03. The maximum absolute atomic E-state index is 5.86. The summed E-state index contributed by atoms with van der Waals surface area (Å²) in [6, 6.07) is 12.0. The molecule has 0 aliphatic rings. The van der Waals surface area contributed by atoms with Gasteiger partial charge in [0, 0.05) is 17.6 Å². The van der Waals surface area contributed by atoms with Gasteiger partial charge < -0.3 is 5.73 Å². The lowest BCUT2D eigenvalue weighted by Gasteiger charge is -2.07. The van der Waals surface area contributed by atoms with E-state index in [4.69, 9.17) is 5.73 Å². The van der Waals surface area contributed by atoms with E-state index in [0.717, 1.165) is 16.5 Å². The first-order valence-electron chi connectivity index (χ1n) is 5.15. The Morgan fingerprint density at radius 1 is 1.19 bits per heavy atom. The van der Waals surface area contributed by atoms with Gasteiger partial charge in [-0.3, -0.25) is 0 Å². The van der Waals surface area contributed by atoms with Gasteiger partial charge in [0.25, 0.3) is 0 Å². The Labute approximate surface area is 99.9 Å². The van der Waals surface area contributed by atoms with Crippen LogP contribution in [0.2, 0.25) is 0 Å². The molecular formula is C13H14N2S. The molecule has 0 radical (unpaired) electrons. The Morgan fingerprint density at radius 2 is 2.06 bits per heavy atom. The molecule has 2 rings (SSSR count). The molecule has 0 atom stereocenters. The summed E-state index contributed by atoms with van der Waals surface area (Å²) in [4.78, 5) is 4.28. The molecule has 2 N–H and O–H groups in total. The summed E-state index contributed by atoms with van der Waals surface area (Å²) in [7, 11) is 0. The summed E-state index contributed by atoms with van der Waals surface area (Å²) in [6.07, 6.45) is 1.81. The number of hydrogen-bond donors (Lipinski definition) is 1. The molecule has 0 saturated carbocycles. The van der Waals surface area contributed by atoms with Gasteiger partial charge in [0.1, 0.15) is 0 Å². The summed E-state index contributed by atoms with van der Waals surface area (Å²) in [5.41, 5.74) is 9.17. The number of benzene rings is 1. The Bertz CT molecular complexity index is 469. The minimum absolute atomic E-state index is 0.860. The van der Waals surface area contributed by atoms with Gasteiger partial charge in [-0.1, -0.05) is 18.2 Å². The Balaban J connectivity index is 2.08. The van der Waals surface area contributed by atoms with Crippen molar-refractivity contribution in [1.82, 2.24) is 4.98 Å². The molecule has 0 amide bonds. The van der Waals surface area contributed by atoms with E-state index in [0.29, 0.717) is 0 Å². The highest BCUT2D eigenvalue weighted by Gasteiger charge is 2.02. The van der Waals surface area contributed by atoms with Gasteiger partial charge in [-0.05, 0) is 36.2 Å². The van der Waals surface area contributed by atoms with Crippen LogP contribution in [0.15, 0.2) is 47.6 Å². The normalized spacial score (nSPS) is 10.3. The van der Waals surface area contributed by atoms with Crippen LogP contribution in [0, 0.1) is 6.92 Å². The highest BCUT2D eigenvalue weighted by Crippen LogP contribution is 2.24. The van der Waals surface area contributed by atoms with Gasteiger partial charge in [0.05, 0.1) is 5.03 Å². The molecule has 0 bridgehead atoms. The number of pyridine rings is 1. The molecule has 1 aromatic heterocycles. The predicted molar refractivity (Wildman–Crippen MR) is 69.4 cm³/mol. The quantitative estimate of drug-likeness (QED) is 0.649. The summed E-state index contributed by atoms with van der Waals surface area (Å²) in [5, 5.41) is 1.05. The molecule has 1 aromatic carbocycles. The van der Waals surface area contributed by atoms with Gasteiger partial charge in [-0.15, -0.1) is 11.8 Å². The smallest absolute Gasteiger partial charge is 0.0963 e. The number of aromatic nitrogens is 1. The Kier molecular flexibility index (Phi) is 3.47. The van der Waals surface area contributed by atoms with Gasteiger partial charge in [-0.2, -0.15) is 0 Å². The maximum Gasteiger partial charge on any atom is 0.0963 e. The van der Waals surface area contributed by atoms with Crippen molar-refractivity contribution in [3.63, 3.8) is 0 Å². The van der Waals surface area contributed by atoms with Crippen molar-refractivity contribution in [2.24, 2.45) is 0 Å². The summed E-state index contributed by atoms with van der Waals surface area (Å²) in [5.74, 6) is 0.911. The third-order valence-corrected chi connectivity index (χ3v) is 3.49. The zero-order chi connectivity index (χ0) is 11.4. The van der Waals surface area contributed by atoms with Crippen LogP contribution >= 0.6 is 11.8 Å². The first kappa shape index (κ1) is 11.0. The highest BCUT2D eigenvalue weighted by atomic mass is 32.2. The van der Waals surface area contributed by atoms with Crippen LogP contribution in [0.5, 0.6) is 0 Å². The zero-order valence-electron chi connectivity index (χ0n) is 9.18. The molecule has 0 saturated heterocycles. The molecule has 0 aliphatic carbocycles. The van der Waals surface area contributed by atoms with Gasteiger partial charge in [0.15, 0.2) is 0 Å². The van der Waals surface area contributed by atoms with Crippen molar-refractivity contribution in [2.45, 2.75) is 17.7 Å². The third kappa shape index (κ3) is 2.55. The van der Waals surface area contributed by atoms with Crippen LogP contribution in [0.3, 0.4) is 0 Å². The minimum atomic E-state index is 0.860. The number of nitrogens with two attached hydrogens (primary N) is 1. The average molecular weight is 230 g/mol. The summed E-state index contributed by atoms with van der Waals surface area (Å²) in [6.45, 7) is 2.06. The molecule has 0 aliphatic heterocycles. The Hall–Kier alpha value is -1.48. The predicted octanol–water partition coefficient (Wildman–Crippen LogP) is 3.26. The molecule has 2 nitrogen and oxygen atoms in total. The van der Waals surface area contributed by atoms with E-state index < -0.39 is 0 Å². The second-order valence-corrected chi connectivity index (χ2v) is 4.58. The topological polar surface area (TPSA) is 38.9 Å². The van der Waals surface area contributed by atoms with E-state index in [1.165, 1.54) is 11.1 Å². The second-order valence-electron chi connectivity index (χ2n) is 3.59. The first-order valence-corrected chi connectivity index (χ1v) is 6.14. The van der Waals surface area contributed by atoms with E-state index in [2.05, 4.69) is 18.0 Å². The fourth-order valence-corrected chi connectivity index (χ4v) is 2.37. The van der Waals surface area contributed by atoms with Crippen molar-refractivity contribution in [3.8, 4) is 0 Å². The molecule has 2 aromatic rings. The number of anilines is 1. The molecule has 0 fully saturated rings. The average Bonchev–Trinajstić information content (AvgIpc) is 2.32. The highest BCUT2D eigenvalue weighted by molar-refractivity contribution is 7.98. The van der Waals surface area contributed by atoms with Crippen LogP contribution in [0.25, 0.3) is 0 Å². The van der Waals surface area contributed by atoms with Crippen LogP contribution < -0.4 is 5.73 Å². The van der Waals surface area contributed by atoms with E-state index in [9.17, 15) is 0 Å². The number of nitrogens with zero attached hydrogens (tertiary/aromatic N) is 1. The number of rotatable bonds is 3. The van der Waals surface area contributed by atoms with Crippen LogP contribution in [-0.2, 0) is 5.75 Å². The lowest BCUT2D eigenvalue weighted by atomic mass is 10.1. The number of thioether (sulfide) groups is 1. The number of nitrogen functional groups attached to an aromatic ring is 1. The molecule has 82 valence electrons. The molecule has 0 spiro atoms. The zero-order valence-corrected chi connectivity index (χ0v) is 10.00. The first-order chi connectivity index (χ1) is 7.77. The lowest BCUT2D eigenvalue weighted by molar-refractivity contribution is 1.13. The van der Waals surface area contributed by atoms with Crippen LogP contribution in [0.4, 0.5) is 5.69 Å². The van der Waals surface area contributed by atoms with Crippen LogP contribution in [0.1, 0.15) is 11.1 Å². The summed E-state index contributed by atoms with van der Waals surface area (Å²) < 4.78 is 0. The van der Waals surface area contributed by atoms with Crippen molar-refractivity contribution < 1.29 is 0 Å².